The van der Waals surface area contributed by atoms with Gasteiger partial charge in [0.05, 0.1) is 19.6 Å². The molecule has 21 heavy (non-hydrogen) atoms. The number of hydrogen-bond donors (Lipinski definition) is 0. The van der Waals surface area contributed by atoms with Gasteiger partial charge in [-0.15, -0.1) is 0 Å². The molecule has 0 N–H and O–H groups in total. The summed E-state index contributed by atoms with van der Waals surface area (Å²) in [4.78, 5) is 23.5. The van der Waals surface area contributed by atoms with Crippen LogP contribution in [0.25, 0.3) is 0 Å². The quantitative estimate of drug-likeness (QED) is 0.617. The Kier molecular flexibility index (Phi) is 4.66. The molecule has 0 aromatic heterocycles. The van der Waals surface area contributed by atoms with E-state index in [1.807, 2.05) is 12.1 Å². The molecule has 0 aliphatic carbocycles. The number of rotatable bonds is 5. The van der Waals surface area contributed by atoms with E-state index in [0.29, 0.717) is 18.8 Å². The number of ketones is 1. The first kappa shape index (κ1) is 15.5. The van der Waals surface area contributed by atoms with Crippen molar-refractivity contribution in [3.63, 3.8) is 0 Å². The van der Waals surface area contributed by atoms with Crippen molar-refractivity contribution in [3.05, 3.63) is 29.3 Å². The van der Waals surface area contributed by atoms with E-state index in [1.54, 1.807) is 13.0 Å². The molecule has 1 aromatic carbocycles. The van der Waals surface area contributed by atoms with E-state index < -0.39 is 0 Å². The monoisotopic (exact) mass is 290 g/mol. The molecule has 2 rings (SSSR count). The van der Waals surface area contributed by atoms with Gasteiger partial charge in [0, 0.05) is 17.5 Å². The van der Waals surface area contributed by atoms with E-state index in [4.69, 9.17) is 9.47 Å². The molecular formula is C17H22O4. The van der Waals surface area contributed by atoms with Gasteiger partial charge >= 0.3 is 5.97 Å². The zero-order valence-electron chi connectivity index (χ0n) is 12.9. The minimum absolute atomic E-state index is 0.00497. The lowest BCUT2D eigenvalue weighted by Crippen LogP contribution is -2.27. The van der Waals surface area contributed by atoms with Gasteiger partial charge in [0.25, 0.3) is 0 Å². The number of benzene rings is 1. The summed E-state index contributed by atoms with van der Waals surface area (Å²) in [7, 11) is 0. The van der Waals surface area contributed by atoms with Crippen LogP contribution in [-0.2, 0) is 14.9 Å². The average Bonchev–Trinajstić information content (AvgIpc) is 2.44. The normalized spacial score (nSPS) is 15.8. The Hall–Kier alpha value is -1.84. The lowest BCUT2D eigenvalue weighted by Gasteiger charge is -2.32. The van der Waals surface area contributed by atoms with Crippen molar-refractivity contribution in [1.82, 2.24) is 0 Å². The van der Waals surface area contributed by atoms with Gasteiger partial charge < -0.3 is 9.47 Å². The largest absolute Gasteiger partial charge is 0.493 e. The zero-order chi connectivity index (χ0) is 15.5. The lowest BCUT2D eigenvalue weighted by molar-refractivity contribution is -0.143. The lowest BCUT2D eigenvalue weighted by atomic mass is 9.79. The molecule has 1 aromatic rings. The van der Waals surface area contributed by atoms with Crippen molar-refractivity contribution >= 4 is 11.8 Å². The highest BCUT2D eigenvalue weighted by Crippen LogP contribution is 2.38. The first-order valence-electron chi connectivity index (χ1n) is 7.40. The molecule has 114 valence electrons. The maximum atomic E-state index is 12.2. The van der Waals surface area contributed by atoms with E-state index >= 15 is 0 Å². The summed E-state index contributed by atoms with van der Waals surface area (Å²) in [5, 5.41) is 0. The maximum Gasteiger partial charge on any atom is 0.306 e. The summed E-state index contributed by atoms with van der Waals surface area (Å²) < 4.78 is 10.5. The van der Waals surface area contributed by atoms with Crippen LogP contribution in [0.1, 0.15) is 56.0 Å². The standard InChI is InChI=1S/C17H22O4/c1-4-20-16(19)8-6-14(18)12-5-7-15-13(11-12)17(2,3)9-10-21-15/h5,7,11H,4,6,8-10H2,1-3H3. The van der Waals surface area contributed by atoms with Crippen molar-refractivity contribution in [3.8, 4) is 5.75 Å². The van der Waals surface area contributed by atoms with Crippen LogP contribution in [-0.4, -0.2) is 25.0 Å². The Morgan fingerprint density at radius 3 is 2.76 bits per heavy atom. The van der Waals surface area contributed by atoms with Crippen molar-refractivity contribution in [2.45, 2.75) is 45.4 Å². The molecule has 0 bridgehead atoms. The molecule has 0 saturated heterocycles. The van der Waals surface area contributed by atoms with Crippen molar-refractivity contribution in [1.29, 1.82) is 0 Å². The van der Waals surface area contributed by atoms with E-state index in [-0.39, 0.29) is 30.0 Å². The summed E-state index contributed by atoms with van der Waals surface area (Å²) >= 11 is 0. The van der Waals surface area contributed by atoms with Crippen LogP contribution >= 0.6 is 0 Å². The van der Waals surface area contributed by atoms with Crippen LogP contribution < -0.4 is 4.74 Å². The Labute approximate surface area is 125 Å². The topological polar surface area (TPSA) is 52.6 Å². The zero-order valence-corrected chi connectivity index (χ0v) is 12.9. The molecule has 4 nitrogen and oxygen atoms in total. The number of fused-ring (bicyclic) bond motifs is 1. The van der Waals surface area contributed by atoms with Crippen LogP contribution in [0.4, 0.5) is 0 Å². The van der Waals surface area contributed by atoms with Crippen molar-refractivity contribution in [2.24, 2.45) is 0 Å². The fourth-order valence-corrected chi connectivity index (χ4v) is 2.50. The highest BCUT2D eigenvalue weighted by atomic mass is 16.5. The number of carbonyl (C=O) groups is 2. The van der Waals surface area contributed by atoms with Crippen LogP contribution in [0.15, 0.2) is 18.2 Å². The minimum atomic E-state index is -0.326. The van der Waals surface area contributed by atoms with Crippen LogP contribution in [0.3, 0.4) is 0 Å². The first-order valence-corrected chi connectivity index (χ1v) is 7.40. The van der Waals surface area contributed by atoms with Crippen LogP contribution in [0.2, 0.25) is 0 Å². The number of esters is 1. The summed E-state index contributed by atoms with van der Waals surface area (Å²) in [5.41, 5.74) is 1.71. The van der Waals surface area contributed by atoms with E-state index in [9.17, 15) is 9.59 Å². The van der Waals surface area contributed by atoms with Gasteiger partial charge in [-0.3, -0.25) is 9.59 Å². The second-order valence-electron chi connectivity index (χ2n) is 5.92. The number of Topliss-reactive ketones (excluding diaryl/α,β-unsaturated/α-hetero) is 1. The second kappa shape index (κ2) is 6.29. The maximum absolute atomic E-state index is 12.2. The third-order valence-corrected chi connectivity index (χ3v) is 3.88. The summed E-state index contributed by atoms with van der Waals surface area (Å²) in [5.74, 6) is 0.493. The summed E-state index contributed by atoms with van der Waals surface area (Å²) in [6.45, 7) is 7.11. The van der Waals surface area contributed by atoms with E-state index in [1.165, 1.54) is 0 Å². The molecule has 0 spiro atoms. The molecule has 0 radical (unpaired) electrons. The Morgan fingerprint density at radius 1 is 1.29 bits per heavy atom. The van der Waals surface area contributed by atoms with E-state index in [2.05, 4.69) is 13.8 Å². The third kappa shape index (κ3) is 3.63. The number of hydrogen-bond acceptors (Lipinski definition) is 4. The predicted molar refractivity (Wildman–Crippen MR) is 79.8 cm³/mol. The fourth-order valence-electron chi connectivity index (χ4n) is 2.50. The smallest absolute Gasteiger partial charge is 0.306 e. The van der Waals surface area contributed by atoms with Crippen molar-refractivity contribution < 1.29 is 19.1 Å². The highest BCUT2D eigenvalue weighted by molar-refractivity contribution is 5.98. The first-order chi connectivity index (χ1) is 9.94. The van der Waals surface area contributed by atoms with Gasteiger partial charge in [0.1, 0.15) is 5.75 Å². The fraction of sp³-hybridized carbons (Fsp3) is 0.529. The SMILES string of the molecule is CCOC(=O)CCC(=O)c1ccc2c(c1)C(C)(C)CCO2. The summed E-state index contributed by atoms with van der Waals surface area (Å²) in [6, 6.07) is 5.53. The Morgan fingerprint density at radius 2 is 2.05 bits per heavy atom. The second-order valence-corrected chi connectivity index (χ2v) is 5.92. The Bertz CT molecular complexity index is 546. The van der Waals surface area contributed by atoms with E-state index in [0.717, 1.165) is 17.7 Å². The molecule has 0 fully saturated rings. The van der Waals surface area contributed by atoms with Gasteiger partial charge in [-0.05, 0) is 37.0 Å². The molecular weight excluding hydrogens is 268 g/mol. The van der Waals surface area contributed by atoms with Gasteiger partial charge in [-0.2, -0.15) is 0 Å². The summed E-state index contributed by atoms with van der Waals surface area (Å²) in [6.07, 6.45) is 1.24. The van der Waals surface area contributed by atoms with Gasteiger partial charge in [-0.1, -0.05) is 13.8 Å². The van der Waals surface area contributed by atoms with Crippen molar-refractivity contribution in [2.75, 3.05) is 13.2 Å². The Balaban J connectivity index is 2.11. The molecule has 0 atom stereocenters. The number of ether oxygens (including phenoxy) is 2. The van der Waals surface area contributed by atoms with Crippen LogP contribution in [0.5, 0.6) is 5.75 Å². The third-order valence-electron chi connectivity index (χ3n) is 3.88. The average molecular weight is 290 g/mol. The molecule has 0 saturated carbocycles. The van der Waals surface area contributed by atoms with Gasteiger partial charge in [0.15, 0.2) is 5.78 Å². The molecule has 1 heterocycles. The molecule has 0 unspecified atom stereocenters. The van der Waals surface area contributed by atoms with Gasteiger partial charge in [-0.25, -0.2) is 0 Å². The number of carbonyl (C=O) groups excluding carboxylic acids is 2. The molecule has 1 aliphatic rings. The molecule has 0 amide bonds. The molecule has 4 heteroatoms. The predicted octanol–water partition coefficient (Wildman–Crippen LogP) is 3.27. The highest BCUT2D eigenvalue weighted by Gasteiger charge is 2.29. The van der Waals surface area contributed by atoms with Crippen LogP contribution in [0, 0.1) is 0 Å². The van der Waals surface area contributed by atoms with Gasteiger partial charge in [0.2, 0.25) is 0 Å². The molecule has 1 aliphatic heterocycles. The minimum Gasteiger partial charge on any atom is -0.493 e.